The molecule has 2 aromatic heterocycles. The monoisotopic (exact) mass is 252 g/mol. The maximum atomic E-state index is 6.42. The van der Waals surface area contributed by atoms with Gasteiger partial charge in [0.15, 0.2) is 0 Å². The van der Waals surface area contributed by atoms with Gasteiger partial charge in [0.05, 0.1) is 12.2 Å². The Balaban J connectivity index is 2.17. The molecule has 1 atom stereocenters. The van der Waals surface area contributed by atoms with Crippen molar-refractivity contribution in [3.8, 4) is 0 Å². The molecule has 0 amide bonds. The number of fused-ring (bicyclic) bond motifs is 1. The van der Waals surface area contributed by atoms with Gasteiger partial charge in [-0.2, -0.15) is 5.10 Å². The van der Waals surface area contributed by atoms with Crippen molar-refractivity contribution in [1.82, 2.24) is 14.8 Å². The van der Waals surface area contributed by atoms with Gasteiger partial charge >= 0.3 is 0 Å². The van der Waals surface area contributed by atoms with Crippen molar-refractivity contribution in [1.29, 1.82) is 0 Å². The summed E-state index contributed by atoms with van der Waals surface area (Å²) < 4.78 is 1.85. The molecular formula is C15H16N4. The molecular weight excluding hydrogens is 236 g/mol. The van der Waals surface area contributed by atoms with Crippen LogP contribution in [0.1, 0.15) is 22.9 Å². The van der Waals surface area contributed by atoms with E-state index in [0.29, 0.717) is 0 Å². The Morgan fingerprint density at radius 2 is 2.00 bits per heavy atom. The zero-order valence-electron chi connectivity index (χ0n) is 11.0. The fraction of sp³-hybridized carbons (Fsp3) is 0.200. The molecule has 0 bridgehead atoms. The number of nitrogens with two attached hydrogens (primary N) is 1. The summed E-state index contributed by atoms with van der Waals surface area (Å²) in [6, 6.07) is 7.98. The van der Waals surface area contributed by atoms with Gasteiger partial charge in [0, 0.05) is 36.1 Å². The van der Waals surface area contributed by atoms with E-state index in [-0.39, 0.29) is 6.04 Å². The quantitative estimate of drug-likeness (QED) is 0.761. The lowest BCUT2D eigenvalue weighted by molar-refractivity contribution is 0.734. The van der Waals surface area contributed by atoms with Crippen LogP contribution in [0.5, 0.6) is 0 Å². The first-order valence-electron chi connectivity index (χ1n) is 6.25. The van der Waals surface area contributed by atoms with Crippen molar-refractivity contribution >= 4 is 10.8 Å². The van der Waals surface area contributed by atoms with E-state index >= 15 is 0 Å². The number of nitrogens with zero attached hydrogens (tertiary/aromatic N) is 3. The van der Waals surface area contributed by atoms with E-state index < -0.39 is 0 Å². The summed E-state index contributed by atoms with van der Waals surface area (Å²) in [4.78, 5) is 4.15. The van der Waals surface area contributed by atoms with Gasteiger partial charge in [-0.1, -0.05) is 18.2 Å². The lowest BCUT2D eigenvalue weighted by Crippen LogP contribution is -2.13. The molecule has 0 radical (unpaired) electrons. The van der Waals surface area contributed by atoms with Crippen molar-refractivity contribution in [3.63, 3.8) is 0 Å². The van der Waals surface area contributed by atoms with Crippen molar-refractivity contribution in [2.24, 2.45) is 12.8 Å². The van der Waals surface area contributed by atoms with Crippen LogP contribution < -0.4 is 5.73 Å². The Kier molecular flexibility index (Phi) is 2.80. The molecule has 0 saturated carbocycles. The highest BCUT2D eigenvalue weighted by Gasteiger charge is 2.16. The SMILES string of the molecule is Cc1c(C(N)c2cccc3cnccc23)cnn1C. The number of pyridine rings is 1. The Morgan fingerprint density at radius 3 is 2.74 bits per heavy atom. The first-order chi connectivity index (χ1) is 9.18. The van der Waals surface area contributed by atoms with Gasteiger partial charge in [-0.15, -0.1) is 0 Å². The van der Waals surface area contributed by atoms with Crippen molar-refractivity contribution < 1.29 is 0 Å². The van der Waals surface area contributed by atoms with Crippen LogP contribution in [0.3, 0.4) is 0 Å². The largest absolute Gasteiger partial charge is 0.320 e. The molecule has 2 heterocycles. The number of hydrogen-bond acceptors (Lipinski definition) is 3. The minimum Gasteiger partial charge on any atom is -0.320 e. The van der Waals surface area contributed by atoms with Crippen LogP contribution in [0.15, 0.2) is 42.9 Å². The summed E-state index contributed by atoms with van der Waals surface area (Å²) in [5.74, 6) is 0. The smallest absolute Gasteiger partial charge is 0.0591 e. The van der Waals surface area contributed by atoms with E-state index in [1.165, 1.54) is 0 Å². The Labute approximate surface area is 111 Å². The average Bonchev–Trinajstić information content (AvgIpc) is 2.78. The van der Waals surface area contributed by atoms with Crippen LogP contribution in [-0.2, 0) is 7.05 Å². The third-order valence-corrected chi connectivity index (χ3v) is 3.66. The number of rotatable bonds is 2. The third kappa shape index (κ3) is 1.90. The molecule has 19 heavy (non-hydrogen) atoms. The van der Waals surface area contributed by atoms with Crippen molar-refractivity contribution in [2.75, 3.05) is 0 Å². The van der Waals surface area contributed by atoms with Gasteiger partial charge in [0.1, 0.15) is 0 Å². The van der Waals surface area contributed by atoms with Gasteiger partial charge in [-0.05, 0) is 23.9 Å². The van der Waals surface area contributed by atoms with Crippen LogP contribution in [-0.4, -0.2) is 14.8 Å². The number of benzene rings is 1. The van der Waals surface area contributed by atoms with Crippen LogP contribution in [0, 0.1) is 6.92 Å². The van der Waals surface area contributed by atoms with Crippen LogP contribution in [0.4, 0.5) is 0 Å². The van der Waals surface area contributed by atoms with E-state index in [1.807, 2.05) is 43.2 Å². The Bertz CT molecular complexity index is 725. The molecule has 0 aliphatic rings. The van der Waals surface area contributed by atoms with E-state index in [9.17, 15) is 0 Å². The highest BCUT2D eigenvalue weighted by Crippen LogP contribution is 2.28. The predicted octanol–water partition coefficient (Wildman–Crippen LogP) is 2.32. The van der Waals surface area contributed by atoms with Crippen molar-refractivity contribution in [3.05, 3.63) is 59.7 Å². The minimum absolute atomic E-state index is 0.167. The highest BCUT2D eigenvalue weighted by molar-refractivity contribution is 5.85. The summed E-state index contributed by atoms with van der Waals surface area (Å²) in [7, 11) is 1.93. The highest BCUT2D eigenvalue weighted by atomic mass is 15.3. The van der Waals surface area contributed by atoms with E-state index in [4.69, 9.17) is 5.73 Å². The van der Waals surface area contributed by atoms with Crippen LogP contribution in [0.25, 0.3) is 10.8 Å². The number of aryl methyl sites for hydroxylation is 1. The standard InChI is InChI=1S/C15H16N4/c1-10-14(9-18-19(10)2)15(16)13-5-3-4-11-8-17-7-6-12(11)13/h3-9,15H,16H2,1-2H3. The maximum Gasteiger partial charge on any atom is 0.0591 e. The normalized spacial score (nSPS) is 12.8. The first-order valence-corrected chi connectivity index (χ1v) is 6.25. The summed E-state index contributed by atoms with van der Waals surface area (Å²) in [6.07, 6.45) is 5.51. The zero-order chi connectivity index (χ0) is 13.4. The molecule has 0 aliphatic carbocycles. The Hall–Kier alpha value is -2.20. The molecule has 3 aromatic rings. The van der Waals surface area contributed by atoms with E-state index in [1.54, 1.807) is 6.20 Å². The summed E-state index contributed by atoms with van der Waals surface area (Å²) in [6.45, 7) is 2.04. The van der Waals surface area contributed by atoms with Gasteiger partial charge in [0.25, 0.3) is 0 Å². The molecule has 0 aliphatic heterocycles. The molecule has 2 N–H and O–H groups in total. The van der Waals surface area contributed by atoms with Crippen LogP contribution in [0.2, 0.25) is 0 Å². The second kappa shape index (κ2) is 4.48. The average molecular weight is 252 g/mol. The summed E-state index contributed by atoms with van der Waals surface area (Å²) in [5, 5.41) is 6.52. The lowest BCUT2D eigenvalue weighted by Gasteiger charge is -2.14. The lowest BCUT2D eigenvalue weighted by atomic mass is 9.96. The molecule has 4 heteroatoms. The molecule has 0 spiro atoms. The molecule has 3 rings (SSSR count). The second-order valence-corrected chi connectivity index (χ2v) is 4.73. The molecule has 1 aromatic carbocycles. The van der Waals surface area contributed by atoms with Crippen molar-refractivity contribution in [2.45, 2.75) is 13.0 Å². The fourth-order valence-electron chi connectivity index (χ4n) is 2.41. The first kappa shape index (κ1) is 11.9. The van der Waals surface area contributed by atoms with Gasteiger partial charge in [0.2, 0.25) is 0 Å². The second-order valence-electron chi connectivity index (χ2n) is 4.73. The molecule has 0 saturated heterocycles. The Morgan fingerprint density at radius 1 is 1.16 bits per heavy atom. The predicted molar refractivity (Wildman–Crippen MR) is 75.7 cm³/mol. The molecule has 4 nitrogen and oxygen atoms in total. The molecule has 0 fully saturated rings. The molecule has 96 valence electrons. The zero-order valence-corrected chi connectivity index (χ0v) is 11.0. The topological polar surface area (TPSA) is 56.7 Å². The van der Waals surface area contributed by atoms with E-state index in [2.05, 4.69) is 22.2 Å². The minimum atomic E-state index is -0.167. The number of hydrogen-bond donors (Lipinski definition) is 1. The van der Waals surface area contributed by atoms with Gasteiger partial charge < -0.3 is 5.73 Å². The maximum absolute atomic E-state index is 6.42. The summed E-state index contributed by atoms with van der Waals surface area (Å²) in [5.41, 5.74) is 9.69. The molecule has 1 unspecified atom stereocenters. The van der Waals surface area contributed by atoms with Crippen LogP contribution >= 0.6 is 0 Å². The van der Waals surface area contributed by atoms with E-state index in [0.717, 1.165) is 27.6 Å². The van der Waals surface area contributed by atoms with Gasteiger partial charge in [-0.3, -0.25) is 9.67 Å². The fourth-order valence-corrected chi connectivity index (χ4v) is 2.41. The third-order valence-electron chi connectivity index (χ3n) is 3.66. The summed E-state index contributed by atoms with van der Waals surface area (Å²) >= 11 is 0. The van der Waals surface area contributed by atoms with Gasteiger partial charge in [-0.25, -0.2) is 0 Å². The number of aromatic nitrogens is 3.